The summed E-state index contributed by atoms with van der Waals surface area (Å²) < 4.78 is 42.2. The van der Waals surface area contributed by atoms with Gasteiger partial charge in [-0.15, -0.1) is 0 Å². The predicted octanol–water partition coefficient (Wildman–Crippen LogP) is 4.21. The number of fused-ring (bicyclic) bond motifs is 2. The molecular weight excluding hydrogens is 435 g/mol. The third-order valence-electron chi connectivity index (χ3n) is 5.23. The molecule has 8 nitrogen and oxygen atoms in total. The molecular formula is C22H16F3N7O. The summed E-state index contributed by atoms with van der Waals surface area (Å²) >= 11 is 0. The Labute approximate surface area is 184 Å². The fraction of sp³-hybridized carbons (Fsp3) is 0.0909. The van der Waals surface area contributed by atoms with E-state index in [1.54, 1.807) is 35.1 Å². The highest BCUT2D eigenvalue weighted by atomic mass is 19.4. The molecule has 166 valence electrons. The first-order valence-electron chi connectivity index (χ1n) is 9.77. The second-order valence-electron chi connectivity index (χ2n) is 7.36. The standard InChI is InChI=1S/C22H16F3N7O/c1-12-29-18(19-20(26)27-6-8-31(12)19)13-5-7-32-16(11-28-17(32)9-13)21(33)30-15-4-2-3-14(10-15)22(23,24)25/h2-11H,1H3,(H2,26,27)(H,30,33). The Morgan fingerprint density at radius 1 is 1.09 bits per heavy atom. The number of aromatic nitrogens is 5. The van der Waals surface area contributed by atoms with E-state index in [4.69, 9.17) is 5.73 Å². The van der Waals surface area contributed by atoms with Gasteiger partial charge in [-0.3, -0.25) is 13.6 Å². The lowest BCUT2D eigenvalue weighted by atomic mass is 10.1. The summed E-state index contributed by atoms with van der Waals surface area (Å²) in [5.74, 6) is 0.474. The van der Waals surface area contributed by atoms with Gasteiger partial charge >= 0.3 is 6.18 Å². The number of aryl methyl sites for hydroxylation is 1. The Hall–Kier alpha value is -4.41. The molecule has 0 spiro atoms. The van der Waals surface area contributed by atoms with E-state index in [0.717, 1.165) is 23.5 Å². The normalized spacial score (nSPS) is 11.9. The van der Waals surface area contributed by atoms with Crippen LogP contribution in [-0.2, 0) is 6.18 Å². The molecule has 0 saturated carbocycles. The molecule has 0 aliphatic carbocycles. The monoisotopic (exact) mass is 451 g/mol. The average molecular weight is 451 g/mol. The highest BCUT2D eigenvalue weighted by molar-refractivity contribution is 6.03. The first kappa shape index (κ1) is 20.5. The molecule has 5 rings (SSSR count). The summed E-state index contributed by atoms with van der Waals surface area (Å²) in [6.45, 7) is 1.85. The van der Waals surface area contributed by atoms with Crippen molar-refractivity contribution in [2.45, 2.75) is 13.1 Å². The van der Waals surface area contributed by atoms with Crippen LogP contribution < -0.4 is 11.1 Å². The molecule has 11 heteroatoms. The van der Waals surface area contributed by atoms with E-state index >= 15 is 0 Å². The predicted molar refractivity (Wildman–Crippen MR) is 116 cm³/mol. The third-order valence-corrected chi connectivity index (χ3v) is 5.23. The summed E-state index contributed by atoms with van der Waals surface area (Å²) in [5.41, 5.74) is 7.88. The van der Waals surface area contributed by atoms with Crippen LogP contribution in [-0.4, -0.2) is 29.7 Å². The Morgan fingerprint density at radius 2 is 1.91 bits per heavy atom. The second kappa shape index (κ2) is 7.33. The largest absolute Gasteiger partial charge is 0.416 e. The number of nitrogens with two attached hydrogens (primary N) is 1. The maximum atomic E-state index is 12.9. The second-order valence-corrected chi connectivity index (χ2v) is 7.36. The zero-order valence-corrected chi connectivity index (χ0v) is 17.1. The molecule has 0 aliphatic rings. The fourth-order valence-corrected chi connectivity index (χ4v) is 3.68. The SMILES string of the molecule is Cc1nc(-c2ccn3c(C(=O)Nc4cccc(C(F)(F)F)c4)cnc3c2)c2c(N)nccn12. The number of nitrogens with one attached hydrogen (secondary N) is 1. The minimum Gasteiger partial charge on any atom is -0.382 e. The molecule has 0 bridgehead atoms. The number of imidazole rings is 2. The van der Waals surface area contributed by atoms with E-state index in [1.807, 2.05) is 11.3 Å². The lowest BCUT2D eigenvalue weighted by molar-refractivity contribution is -0.137. The van der Waals surface area contributed by atoms with Crippen molar-refractivity contribution < 1.29 is 18.0 Å². The number of hydrogen-bond acceptors (Lipinski definition) is 5. The summed E-state index contributed by atoms with van der Waals surface area (Å²) in [5, 5.41) is 2.49. The third kappa shape index (κ3) is 3.53. The minimum absolute atomic E-state index is 0.0318. The number of nitrogens with zero attached hydrogens (tertiary/aromatic N) is 5. The number of carbonyl (C=O) groups is 1. The first-order valence-corrected chi connectivity index (χ1v) is 9.77. The quantitative estimate of drug-likeness (QED) is 0.428. The van der Waals surface area contributed by atoms with Crippen LogP contribution in [0.4, 0.5) is 24.7 Å². The number of halogens is 3. The number of anilines is 2. The number of amides is 1. The van der Waals surface area contributed by atoms with Gasteiger partial charge in [0.05, 0.1) is 11.8 Å². The lowest BCUT2D eigenvalue weighted by Crippen LogP contribution is -2.15. The molecule has 3 N–H and O–H groups in total. The molecule has 4 aromatic heterocycles. The van der Waals surface area contributed by atoms with Gasteiger partial charge in [-0.05, 0) is 37.3 Å². The zero-order chi connectivity index (χ0) is 23.3. The van der Waals surface area contributed by atoms with Crippen LogP contribution in [0.1, 0.15) is 21.9 Å². The number of nitrogen functional groups attached to an aromatic ring is 1. The van der Waals surface area contributed by atoms with Gasteiger partial charge in [0.2, 0.25) is 0 Å². The van der Waals surface area contributed by atoms with Crippen molar-refractivity contribution >= 4 is 28.6 Å². The van der Waals surface area contributed by atoms with Crippen molar-refractivity contribution in [1.29, 1.82) is 0 Å². The van der Waals surface area contributed by atoms with Gasteiger partial charge in [0, 0.05) is 29.8 Å². The average Bonchev–Trinajstić information content (AvgIpc) is 3.35. The van der Waals surface area contributed by atoms with Crippen molar-refractivity contribution in [3.05, 3.63) is 78.3 Å². The molecule has 33 heavy (non-hydrogen) atoms. The van der Waals surface area contributed by atoms with Crippen LogP contribution in [0.25, 0.3) is 22.4 Å². The van der Waals surface area contributed by atoms with Crippen LogP contribution in [0.3, 0.4) is 0 Å². The lowest BCUT2D eigenvalue weighted by Gasteiger charge is -2.10. The molecule has 1 amide bonds. The maximum absolute atomic E-state index is 12.9. The molecule has 0 unspecified atom stereocenters. The number of benzene rings is 1. The zero-order valence-electron chi connectivity index (χ0n) is 17.1. The fourth-order valence-electron chi connectivity index (χ4n) is 3.68. The van der Waals surface area contributed by atoms with Crippen LogP contribution in [0.2, 0.25) is 0 Å². The molecule has 0 atom stereocenters. The van der Waals surface area contributed by atoms with Gasteiger partial charge in [-0.1, -0.05) is 6.07 Å². The number of rotatable bonds is 3. The van der Waals surface area contributed by atoms with Gasteiger partial charge in [0.15, 0.2) is 0 Å². The highest BCUT2D eigenvalue weighted by Gasteiger charge is 2.30. The van der Waals surface area contributed by atoms with Gasteiger partial charge in [0.25, 0.3) is 5.91 Å². The van der Waals surface area contributed by atoms with Crippen molar-refractivity contribution in [3.63, 3.8) is 0 Å². The topological polar surface area (TPSA) is 103 Å². The maximum Gasteiger partial charge on any atom is 0.416 e. The van der Waals surface area contributed by atoms with E-state index in [0.29, 0.717) is 22.7 Å². The summed E-state index contributed by atoms with van der Waals surface area (Å²) in [7, 11) is 0. The smallest absolute Gasteiger partial charge is 0.382 e. The molecule has 1 aromatic carbocycles. The van der Waals surface area contributed by atoms with Gasteiger partial charge in [-0.25, -0.2) is 15.0 Å². The van der Waals surface area contributed by atoms with Gasteiger partial charge < -0.3 is 11.1 Å². The van der Waals surface area contributed by atoms with Gasteiger partial charge in [-0.2, -0.15) is 13.2 Å². The van der Waals surface area contributed by atoms with Crippen LogP contribution in [0.5, 0.6) is 0 Å². The van der Waals surface area contributed by atoms with E-state index in [9.17, 15) is 18.0 Å². The Balaban J connectivity index is 1.49. The number of carbonyl (C=O) groups excluding carboxylic acids is 1. The molecule has 0 fully saturated rings. The number of hydrogen-bond donors (Lipinski definition) is 2. The minimum atomic E-state index is -4.50. The molecule has 5 aromatic rings. The van der Waals surface area contributed by atoms with Crippen molar-refractivity contribution in [3.8, 4) is 11.3 Å². The van der Waals surface area contributed by atoms with Crippen LogP contribution in [0.15, 0.2) is 61.2 Å². The van der Waals surface area contributed by atoms with Crippen molar-refractivity contribution in [2.75, 3.05) is 11.1 Å². The Kier molecular flexibility index (Phi) is 4.55. The van der Waals surface area contributed by atoms with E-state index in [2.05, 4.69) is 20.3 Å². The van der Waals surface area contributed by atoms with E-state index < -0.39 is 17.6 Å². The Bertz CT molecular complexity index is 1530. The molecule has 4 heterocycles. The molecule has 0 radical (unpaired) electrons. The van der Waals surface area contributed by atoms with Gasteiger partial charge in [0.1, 0.15) is 34.2 Å². The first-order chi connectivity index (χ1) is 15.7. The molecule has 0 saturated heterocycles. The molecule has 0 aliphatic heterocycles. The van der Waals surface area contributed by atoms with Crippen molar-refractivity contribution in [2.24, 2.45) is 0 Å². The number of pyridine rings is 1. The van der Waals surface area contributed by atoms with E-state index in [-0.39, 0.29) is 11.4 Å². The summed E-state index contributed by atoms with van der Waals surface area (Å²) in [6.07, 6.45) is 1.85. The van der Waals surface area contributed by atoms with Crippen LogP contribution in [0, 0.1) is 6.92 Å². The highest BCUT2D eigenvalue weighted by Crippen LogP contribution is 2.31. The van der Waals surface area contributed by atoms with E-state index in [1.165, 1.54) is 18.3 Å². The summed E-state index contributed by atoms with van der Waals surface area (Å²) in [4.78, 5) is 25.7. The van der Waals surface area contributed by atoms with Crippen molar-refractivity contribution in [1.82, 2.24) is 23.8 Å². The van der Waals surface area contributed by atoms with Crippen LogP contribution >= 0.6 is 0 Å². The summed E-state index contributed by atoms with van der Waals surface area (Å²) in [6, 6.07) is 7.94. The Morgan fingerprint density at radius 3 is 2.70 bits per heavy atom. The number of alkyl halides is 3.